The maximum Gasteiger partial charge on any atom is 0.195 e. The molecule has 0 aliphatic heterocycles. The quantitative estimate of drug-likeness (QED) is 0.437. The molecule has 92 valence electrons. The Morgan fingerprint density at radius 3 is 2.88 bits per heavy atom. The molecule has 2 aromatic rings. The van der Waals surface area contributed by atoms with Crippen molar-refractivity contribution in [3.8, 4) is 0 Å². The molecule has 0 aliphatic carbocycles. The van der Waals surface area contributed by atoms with E-state index >= 15 is 0 Å². The highest BCUT2D eigenvalue weighted by Crippen LogP contribution is 2.18. The first-order valence-electron chi connectivity index (χ1n) is 5.90. The molecule has 2 rings (SSSR count). The van der Waals surface area contributed by atoms with Crippen LogP contribution < -0.4 is 0 Å². The number of nitrogens with zero attached hydrogens (tertiary/aromatic N) is 3. The summed E-state index contributed by atoms with van der Waals surface area (Å²) in [6, 6.07) is 5.95. The van der Waals surface area contributed by atoms with Gasteiger partial charge in [0.05, 0.1) is 0 Å². The molecule has 0 atom stereocenters. The van der Waals surface area contributed by atoms with Crippen LogP contribution in [0.3, 0.4) is 0 Å². The number of fused-ring (bicyclic) bond motifs is 1. The first-order chi connectivity index (χ1) is 8.42. The Labute approximate surface area is 111 Å². The summed E-state index contributed by atoms with van der Waals surface area (Å²) in [7, 11) is 0. The largest absolute Gasteiger partial charge is 0.277 e. The molecule has 0 radical (unpaired) electrons. The third kappa shape index (κ3) is 3.61. The van der Waals surface area contributed by atoms with Crippen LogP contribution in [-0.2, 0) is 0 Å². The van der Waals surface area contributed by atoms with Crippen molar-refractivity contribution in [2.24, 2.45) is 0 Å². The highest BCUT2D eigenvalue weighted by Gasteiger charge is 2.03. The first kappa shape index (κ1) is 12.7. The summed E-state index contributed by atoms with van der Waals surface area (Å²) in [5, 5.41) is 9.29. The van der Waals surface area contributed by atoms with Gasteiger partial charge in [-0.25, -0.2) is 0 Å². The van der Waals surface area contributed by atoms with E-state index in [2.05, 4.69) is 10.2 Å². The van der Waals surface area contributed by atoms with Gasteiger partial charge >= 0.3 is 0 Å². The molecule has 3 nitrogen and oxygen atoms in total. The zero-order valence-electron chi connectivity index (χ0n) is 9.68. The number of rotatable bonds is 7. The van der Waals surface area contributed by atoms with Crippen LogP contribution in [0, 0.1) is 0 Å². The fourth-order valence-electron chi connectivity index (χ4n) is 1.63. The summed E-state index contributed by atoms with van der Waals surface area (Å²) in [4.78, 5) is 0. The molecule has 0 saturated carbocycles. The van der Waals surface area contributed by atoms with Crippen molar-refractivity contribution in [3.05, 3.63) is 24.4 Å². The van der Waals surface area contributed by atoms with Gasteiger partial charge in [0.1, 0.15) is 0 Å². The minimum atomic E-state index is 0.780. The number of alkyl halides is 1. The topological polar surface area (TPSA) is 30.2 Å². The Balaban J connectivity index is 1.79. The van der Waals surface area contributed by atoms with E-state index in [4.69, 9.17) is 11.6 Å². The number of hydrogen-bond acceptors (Lipinski definition) is 3. The van der Waals surface area contributed by atoms with Crippen LogP contribution in [-0.4, -0.2) is 26.2 Å². The van der Waals surface area contributed by atoms with E-state index in [0.717, 1.165) is 28.9 Å². The predicted molar refractivity (Wildman–Crippen MR) is 72.9 cm³/mol. The molecule has 17 heavy (non-hydrogen) atoms. The molecule has 0 spiro atoms. The van der Waals surface area contributed by atoms with Gasteiger partial charge < -0.3 is 0 Å². The van der Waals surface area contributed by atoms with Gasteiger partial charge in [-0.1, -0.05) is 30.7 Å². The lowest BCUT2D eigenvalue weighted by Gasteiger charge is -2.00. The molecule has 0 N–H and O–H groups in total. The Kier molecular flexibility index (Phi) is 5.13. The molecular formula is C12H16ClN3S. The zero-order chi connectivity index (χ0) is 11.9. The van der Waals surface area contributed by atoms with Gasteiger partial charge in [0.2, 0.25) is 0 Å². The van der Waals surface area contributed by atoms with E-state index in [9.17, 15) is 0 Å². The molecule has 0 aliphatic rings. The predicted octanol–water partition coefficient (Wildman–Crippen LogP) is 3.62. The molecule has 0 unspecified atom stereocenters. The van der Waals surface area contributed by atoms with Gasteiger partial charge in [-0.2, -0.15) is 0 Å². The lowest BCUT2D eigenvalue weighted by atomic mass is 10.2. The lowest BCUT2D eigenvalue weighted by molar-refractivity contribution is 0.708. The third-order valence-corrected chi connectivity index (χ3v) is 3.84. The lowest BCUT2D eigenvalue weighted by Crippen LogP contribution is -1.88. The minimum absolute atomic E-state index is 0.780. The van der Waals surface area contributed by atoms with Crippen molar-refractivity contribution in [1.82, 2.24) is 14.6 Å². The molecule has 0 bridgehead atoms. The summed E-state index contributed by atoms with van der Waals surface area (Å²) >= 11 is 7.41. The van der Waals surface area contributed by atoms with E-state index in [0.29, 0.717) is 0 Å². The first-order valence-corrected chi connectivity index (χ1v) is 7.42. The average molecular weight is 270 g/mol. The van der Waals surface area contributed by atoms with Gasteiger partial charge in [0, 0.05) is 17.8 Å². The summed E-state index contributed by atoms with van der Waals surface area (Å²) in [6.45, 7) is 0. The zero-order valence-corrected chi connectivity index (χ0v) is 11.3. The number of unbranched alkanes of at least 4 members (excludes halogenated alkanes) is 3. The monoisotopic (exact) mass is 269 g/mol. The van der Waals surface area contributed by atoms with Crippen molar-refractivity contribution in [1.29, 1.82) is 0 Å². The van der Waals surface area contributed by atoms with Crippen LogP contribution in [0.25, 0.3) is 5.65 Å². The number of pyridine rings is 1. The Morgan fingerprint density at radius 1 is 1.12 bits per heavy atom. The standard InChI is InChI=1S/C12H16ClN3S/c13-8-4-1-2-6-10-17-12-15-14-11-7-3-5-9-16(11)12/h3,5,7,9H,1-2,4,6,8,10H2. The highest BCUT2D eigenvalue weighted by molar-refractivity contribution is 7.99. The fourth-order valence-corrected chi connectivity index (χ4v) is 2.74. The van der Waals surface area contributed by atoms with Crippen molar-refractivity contribution in [2.45, 2.75) is 30.8 Å². The summed E-state index contributed by atoms with van der Waals surface area (Å²) < 4.78 is 2.03. The fraction of sp³-hybridized carbons (Fsp3) is 0.500. The second kappa shape index (κ2) is 6.87. The number of thioether (sulfide) groups is 1. The van der Waals surface area contributed by atoms with E-state index in [-0.39, 0.29) is 0 Å². The van der Waals surface area contributed by atoms with Crippen LogP contribution in [0.15, 0.2) is 29.6 Å². The molecule has 2 aromatic heterocycles. The number of aromatic nitrogens is 3. The molecule has 2 heterocycles. The summed E-state index contributed by atoms with van der Waals surface area (Å²) in [5.74, 6) is 1.87. The normalized spacial score (nSPS) is 11.1. The maximum absolute atomic E-state index is 5.63. The molecule has 0 saturated heterocycles. The van der Waals surface area contributed by atoms with Crippen LogP contribution in [0.1, 0.15) is 25.7 Å². The smallest absolute Gasteiger partial charge is 0.195 e. The third-order valence-electron chi connectivity index (χ3n) is 2.54. The number of halogens is 1. The van der Waals surface area contributed by atoms with E-state index < -0.39 is 0 Å². The molecule has 0 fully saturated rings. The second-order valence-electron chi connectivity index (χ2n) is 3.86. The average Bonchev–Trinajstić information content (AvgIpc) is 2.77. The van der Waals surface area contributed by atoms with E-state index in [1.807, 2.05) is 28.8 Å². The van der Waals surface area contributed by atoms with E-state index in [1.54, 1.807) is 11.8 Å². The van der Waals surface area contributed by atoms with Gasteiger partial charge in [0.15, 0.2) is 10.8 Å². The SMILES string of the molecule is ClCCCCCCSc1nnc2ccccn12. The Bertz CT molecular complexity index is 458. The van der Waals surface area contributed by atoms with Crippen LogP contribution in [0.5, 0.6) is 0 Å². The van der Waals surface area contributed by atoms with Gasteiger partial charge in [-0.3, -0.25) is 4.40 Å². The minimum Gasteiger partial charge on any atom is -0.277 e. The van der Waals surface area contributed by atoms with Gasteiger partial charge in [-0.15, -0.1) is 21.8 Å². The van der Waals surface area contributed by atoms with Crippen LogP contribution >= 0.6 is 23.4 Å². The maximum atomic E-state index is 5.63. The van der Waals surface area contributed by atoms with E-state index in [1.165, 1.54) is 19.3 Å². The summed E-state index contributed by atoms with van der Waals surface area (Å²) in [6.07, 6.45) is 6.82. The van der Waals surface area contributed by atoms with Crippen molar-refractivity contribution in [3.63, 3.8) is 0 Å². The van der Waals surface area contributed by atoms with Gasteiger partial charge in [0.25, 0.3) is 0 Å². The second-order valence-corrected chi connectivity index (χ2v) is 5.30. The molecule has 0 aromatic carbocycles. The van der Waals surface area contributed by atoms with Crippen LogP contribution in [0.4, 0.5) is 0 Å². The Hall–Kier alpha value is -0.740. The highest BCUT2D eigenvalue weighted by atomic mass is 35.5. The van der Waals surface area contributed by atoms with Gasteiger partial charge in [-0.05, 0) is 25.0 Å². The molecule has 5 heteroatoms. The summed E-state index contributed by atoms with van der Waals surface area (Å²) in [5.41, 5.74) is 0.914. The van der Waals surface area contributed by atoms with Crippen molar-refractivity contribution < 1.29 is 0 Å². The van der Waals surface area contributed by atoms with Crippen molar-refractivity contribution in [2.75, 3.05) is 11.6 Å². The Morgan fingerprint density at radius 2 is 2.00 bits per heavy atom. The van der Waals surface area contributed by atoms with Crippen molar-refractivity contribution >= 4 is 29.0 Å². The molecule has 0 amide bonds. The van der Waals surface area contributed by atoms with Crippen LogP contribution in [0.2, 0.25) is 0 Å². The molecular weight excluding hydrogens is 254 g/mol. The number of hydrogen-bond donors (Lipinski definition) is 0.